The minimum absolute atomic E-state index is 0. The third kappa shape index (κ3) is 6.47. The fourth-order valence-corrected chi connectivity index (χ4v) is 3.86. The molecule has 0 aromatic heterocycles. The predicted octanol–water partition coefficient (Wildman–Crippen LogP) is -7.47. The molecule has 0 aliphatic heterocycles. The molecule has 0 saturated heterocycles. The molecular weight excluding hydrogens is 334 g/mol. The Morgan fingerprint density at radius 1 is 0.800 bits per heavy atom. The molecule has 0 bridgehead atoms. The topological polar surface area (TPSA) is 155 Å². The molecule has 2 N–H and O–H groups in total. The first-order valence-electron chi connectivity index (χ1n) is 5.30. The van der Waals surface area contributed by atoms with Gasteiger partial charge in [-0.25, -0.2) is 16.8 Å². The Hall–Kier alpha value is 1.74. The van der Waals surface area contributed by atoms with Gasteiger partial charge in [0.15, 0.2) is 0 Å². The minimum atomic E-state index is -5.02. The minimum Gasteiger partial charge on any atom is -0.746 e. The maximum absolute atomic E-state index is 10.7. The molecular formula is C8H14Na2O8S2. The summed E-state index contributed by atoms with van der Waals surface area (Å²) in [5.41, 5.74) is -4.61. The van der Waals surface area contributed by atoms with Gasteiger partial charge in [0.25, 0.3) is 0 Å². The molecule has 4 unspecified atom stereocenters. The fourth-order valence-electron chi connectivity index (χ4n) is 2.32. The standard InChI is InChI=1S/C8H16O8S2.2Na/c9-7(17(11,12)13)5-3-1-2-4-6(5)8(10)18(14,15)16;;/h5-10H,1-4H2,(H,11,12,13)(H,14,15,16);;/q;2*+1/p-2. The van der Waals surface area contributed by atoms with Crippen molar-refractivity contribution in [3.8, 4) is 0 Å². The largest absolute Gasteiger partial charge is 1.00 e. The fraction of sp³-hybridized carbons (Fsp3) is 1.00. The molecule has 1 saturated carbocycles. The second-order valence-corrected chi connectivity index (χ2v) is 7.32. The van der Waals surface area contributed by atoms with Gasteiger partial charge in [-0.05, 0) is 12.8 Å². The average molecular weight is 348 g/mol. The third-order valence-corrected chi connectivity index (χ3v) is 5.08. The smallest absolute Gasteiger partial charge is 0.746 e. The molecule has 0 amide bonds. The van der Waals surface area contributed by atoms with Crippen LogP contribution in [0.2, 0.25) is 0 Å². The van der Waals surface area contributed by atoms with E-state index >= 15 is 0 Å². The first-order chi connectivity index (χ1) is 8.05. The van der Waals surface area contributed by atoms with Crippen molar-refractivity contribution in [2.24, 2.45) is 11.8 Å². The molecule has 8 nitrogen and oxygen atoms in total. The molecule has 108 valence electrons. The molecule has 1 aliphatic carbocycles. The second-order valence-electron chi connectivity index (χ2n) is 4.38. The summed E-state index contributed by atoms with van der Waals surface area (Å²) < 4.78 is 64.4. The Balaban J connectivity index is 0. The van der Waals surface area contributed by atoms with Gasteiger partial charge < -0.3 is 19.3 Å². The number of aliphatic hydroxyl groups excluding tert-OH is 2. The zero-order valence-corrected chi connectivity index (χ0v) is 16.9. The summed E-state index contributed by atoms with van der Waals surface area (Å²) in [7, 11) is -10.0. The van der Waals surface area contributed by atoms with Crippen molar-refractivity contribution in [2.45, 2.75) is 36.6 Å². The van der Waals surface area contributed by atoms with Crippen LogP contribution in [0.1, 0.15) is 25.7 Å². The summed E-state index contributed by atoms with van der Waals surface area (Å²) in [6, 6.07) is 0. The van der Waals surface area contributed by atoms with Crippen LogP contribution in [-0.4, -0.2) is 47.0 Å². The molecule has 4 atom stereocenters. The van der Waals surface area contributed by atoms with E-state index < -0.39 is 42.9 Å². The number of hydrogen-bond donors (Lipinski definition) is 2. The van der Waals surface area contributed by atoms with E-state index in [1.54, 1.807) is 0 Å². The molecule has 0 aromatic rings. The van der Waals surface area contributed by atoms with Gasteiger partial charge in [-0.2, -0.15) is 0 Å². The summed E-state index contributed by atoms with van der Waals surface area (Å²) >= 11 is 0. The van der Waals surface area contributed by atoms with E-state index in [9.17, 15) is 36.2 Å². The first kappa shape index (κ1) is 24.0. The van der Waals surface area contributed by atoms with Crippen LogP contribution in [0.15, 0.2) is 0 Å². The van der Waals surface area contributed by atoms with Crippen molar-refractivity contribution in [1.29, 1.82) is 0 Å². The molecule has 0 radical (unpaired) electrons. The summed E-state index contributed by atoms with van der Waals surface area (Å²) in [6.45, 7) is 0. The molecule has 1 rings (SSSR count). The number of rotatable bonds is 4. The molecule has 0 spiro atoms. The number of hydrogen-bond acceptors (Lipinski definition) is 8. The van der Waals surface area contributed by atoms with Crippen molar-refractivity contribution in [1.82, 2.24) is 0 Å². The van der Waals surface area contributed by atoms with E-state index in [0.717, 1.165) is 0 Å². The maximum Gasteiger partial charge on any atom is 1.00 e. The molecule has 0 heterocycles. The maximum atomic E-state index is 10.7. The van der Waals surface area contributed by atoms with Crippen LogP contribution < -0.4 is 59.1 Å². The molecule has 12 heteroatoms. The Morgan fingerprint density at radius 2 is 1.05 bits per heavy atom. The van der Waals surface area contributed by atoms with E-state index in [2.05, 4.69) is 0 Å². The van der Waals surface area contributed by atoms with E-state index in [-0.39, 0.29) is 72.0 Å². The molecule has 20 heavy (non-hydrogen) atoms. The van der Waals surface area contributed by atoms with Crippen molar-refractivity contribution < 1.29 is 95.3 Å². The van der Waals surface area contributed by atoms with Crippen LogP contribution in [0.5, 0.6) is 0 Å². The molecule has 1 fully saturated rings. The average Bonchev–Trinajstić information content (AvgIpc) is 2.24. The van der Waals surface area contributed by atoms with Crippen LogP contribution in [0, 0.1) is 11.8 Å². The molecule has 1 aliphatic rings. The van der Waals surface area contributed by atoms with Crippen molar-refractivity contribution in [2.75, 3.05) is 0 Å². The van der Waals surface area contributed by atoms with E-state index in [1.807, 2.05) is 0 Å². The van der Waals surface area contributed by atoms with Crippen LogP contribution in [0.4, 0.5) is 0 Å². The van der Waals surface area contributed by atoms with Crippen LogP contribution in [0.3, 0.4) is 0 Å². The van der Waals surface area contributed by atoms with Crippen molar-refractivity contribution in [3.05, 3.63) is 0 Å². The first-order valence-corrected chi connectivity index (χ1v) is 8.25. The summed E-state index contributed by atoms with van der Waals surface area (Å²) in [5, 5.41) is 18.8. The Bertz CT molecular complexity index is 445. The third-order valence-electron chi connectivity index (χ3n) is 3.20. The van der Waals surface area contributed by atoms with Gasteiger partial charge in [0.1, 0.15) is 31.1 Å². The van der Waals surface area contributed by atoms with Gasteiger partial charge in [-0.1, -0.05) is 12.8 Å². The quantitative estimate of drug-likeness (QED) is 0.375. The van der Waals surface area contributed by atoms with E-state index in [1.165, 1.54) is 0 Å². The van der Waals surface area contributed by atoms with Gasteiger partial charge in [0, 0.05) is 11.8 Å². The zero-order valence-electron chi connectivity index (χ0n) is 11.3. The monoisotopic (exact) mass is 348 g/mol. The summed E-state index contributed by atoms with van der Waals surface area (Å²) in [4.78, 5) is 0. The predicted molar refractivity (Wildman–Crippen MR) is 56.9 cm³/mol. The summed E-state index contributed by atoms with van der Waals surface area (Å²) in [5.74, 6) is -2.47. The normalized spacial score (nSPS) is 26.8. The Kier molecular flexibility index (Phi) is 11.0. The van der Waals surface area contributed by atoms with E-state index in [0.29, 0.717) is 12.8 Å². The van der Waals surface area contributed by atoms with Gasteiger partial charge in [-0.3, -0.25) is 0 Å². The van der Waals surface area contributed by atoms with Crippen LogP contribution in [-0.2, 0) is 20.2 Å². The zero-order chi connectivity index (χ0) is 14.1. The van der Waals surface area contributed by atoms with Crippen molar-refractivity contribution >= 4 is 20.2 Å². The summed E-state index contributed by atoms with van der Waals surface area (Å²) in [6.07, 6.45) is 1.11. The SMILES string of the molecule is O=S(=O)([O-])C(O)C1CCCCC1C(O)S(=O)(=O)[O-].[Na+].[Na+]. The number of aliphatic hydroxyl groups is 2. The van der Waals surface area contributed by atoms with Gasteiger partial charge in [0.05, 0.1) is 0 Å². The van der Waals surface area contributed by atoms with Gasteiger partial charge >= 0.3 is 59.1 Å². The van der Waals surface area contributed by atoms with Crippen LogP contribution >= 0.6 is 0 Å². The second kappa shape index (κ2) is 9.14. The van der Waals surface area contributed by atoms with Crippen molar-refractivity contribution in [3.63, 3.8) is 0 Å². The van der Waals surface area contributed by atoms with E-state index in [4.69, 9.17) is 0 Å². The van der Waals surface area contributed by atoms with Gasteiger partial charge in [0.2, 0.25) is 0 Å². The van der Waals surface area contributed by atoms with Crippen LogP contribution in [0.25, 0.3) is 0 Å². The Morgan fingerprint density at radius 3 is 1.25 bits per heavy atom. The molecule has 0 aromatic carbocycles. The van der Waals surface area contributed by atoms with Gasteiger partial charge in [-0.15, -0.1) is 0 Å². The Labute approximate surface area is 162 Å².